The van der Waals surface area contributed by atoms with Crippen LogP contribution in [0.3, 0.4) is 0 Å². The summed E-state index contributed by atoms with van der Waals surface area (Å²) in [5, 5.41) is 19.1. The van der Waals surface area contributed by atoms with Gasteiger partial charge < -0.3 is 15.2 Å². The van der Waals surface area contributed by atoms with Gasteiger partial charge in [-0.15, -0.1) is 0 Å². The zero-order valence-corrected chi connectivity index (χ0v) is 19.3. The number of rotatable bonds is 5. The van der Waals surface area contributed by atoms with E-state index in [1.165, 1.54) is 6.07 Å². The molecule has 0 atom stereocenters. The average Bonchev–Trinajstić information content (AvgIpc) is 3.19. The molecule has 7 nitrogen and oxygen atoms in total. The summed E-state index contributed by atoms with van der Waals surface area (Å²) in [7, 11) is 0. The molecule has 1 saturated carbocycles. The molecule has 184 valence electrons. The summed E-state index contributed by atoms with van der Waals surface area (Å²) in [6.45, 7) is 3.09. The van der Waals surface area contributed by atoms with Gasteiger partial charge in [-0.25, -0.2) is 4.98 Å². The van der Waals surface area contributed by atoms with E-state index in [2.05, 4.69) is 15.4 Å². The monoisotopic (exact) mass is 487 g/mol. The molecule has 2 heterocycles. The second-order valence-corrected chi connectivity index (χ2v) is 9.44. The Morgan fingerprint density at radius 2 is 1.83 bits per heavy atom. The Kier molecular flexibility index (Phi) is 6.59. The van der Waals surface area contributed by atoms with Gasteiger partial charge in [-0.2, -0.15) is 13.2 Å². The molecule has 1 amide bonds. The fraction of sp³-hybridized carbons (Fsp3) is 0.400. The van der Waals surface area contributed by atoms with Gasteiger partial charge in [0.1, 0.15) is 23.0 Å². The summed E-state index contributed by atoms with van der Waals surface area (Å²) in [6.07, 6.45) is 3.58. The van der Waals surface area contributed by atoms with E-state index in [1.54, 1.807) is 36.9 Å². The molecule has 2 aromatic rings. The number of benzene rings is 1. The fourth-order valence-corrected chi connectivity index (χ4v) is 4.33. The summed E-state index contributed by atoms with van der Waals surface area (Å²) in [4.78, 5) is 27.2. The average molecular weight is 488 g/mol. The van der Waals surface area contributed by atoms with Gasteiger partial charge in [-0.3, -0.25) is 4.79 Å². The largest absolute Gasteiger partial charge is 0.433 e. The number of pyridine rings is 1. The van der Waals surface area contributed by atoms with Crippen LogP contribution in [0.2, 0.25) is 0 Å². The Hall–Kier alpha value is -3.40. The van der Waals surface area contributed by atoms with Crippen molar-refractivity contribution in [3.63, 3.8) is 0 Å². The summed E-state index contributed by atoms with van der Waals surface area (Å²) in [5.74, 6) is -0.435. The van der Waals surface area contributed by atoms with E-state index < -0.39 is 29.1 Å². The van der Waals surface area contributed by atoms with Crippen LogP contribution in [0.1, 0.15) is 61.3 Å². The van der Waals surface area contributed by atoms with Crippen molar-refractivity contribution in [2.24, 2.45) is 16.9 Å². The molecule has 1 aromatic carbocycles. The minimum Gasteiger partial charge on any atom is -0.386 e. The predicted octanol–water partition coefficient (Wildman–Crippen LogP) is 2.95. The lowest BCUT2D eigenvalue weighted by Gasteiger charge is -2.21. The van der Waals surface area contributed by atoms with Crippen LogP contribution in [0.5, 0.6) is 0 Å². The molecular weight excluding hydrogens is 461 g/mol. The van der Waals surface area contributed by atoms with Gasteiger partial charge in [0, 0.05) is 28.2 Å². The van der Waals surface area contributed by atoms with Crippen LogP contribution in [0.15, 0.2) is 35.4 Å². The van der Waals surface area contributed by atoms with Crippen LogP contribution >= 0.6 is 0 Å². The highest BCUT2D eigenvalue weighted by molar-refractivity contribution is 6.03. The minimum atomic E-state index is -4.68. The van der Waals surface area contributed by atoms with E-state index in [0.717, 1.165) is 44.1 Å². The number of hydrogen-bond donors (Lipinski definition) is 2. The van der Waals surface area contributed by atoms with Crippen molar-refractivity contribution >= 4 is 30.3 Å². The van der Waals surface area contributed by atoms with Gasteiger partial charge in [0.15, 0.2) is 6.21 Å². The summed E-state index contributed by atoms with van der Waals surface area (Å²) in [6, 6.07) is 6.39. The van der Waals surface area contributed by atoms with E-state index in [4.69, 9.17) is 0 Å². The van der Waals surface area contributed by atoms with Crippen molar-refractivity contribution in [1.29, 1.82) is 0 Å². The van der Waals surface area contributed by atoms with Crippen LogP contribution in [0.4, 0.5) is 18.9 Å². The lowest BCUT2D eigenvalue weighted by molar-refractivity contribution is -0.424. The lowest BCUT2D eigenvalue weighted by Crippen LogP contribution is -2.29. The van der Waals surface area contributed by atoms with Gasteiger partial charge in [0.2, 0.25) is 6.20 Å². The number of carbonyl (C=O) groups is 2. The van der Waals surface area contributed by atoms with Crippen molar-refractivity contribution in [2.75, 3.05) is 5.32 Å². The molecule has 0 bridgehead atoms. The Bertz CT molecular complexity index is 1300. The summed E-state index contributed by atoms with van der Waals surface area (Å²) in [5.41, 5.74) is -2.31. The van der Waals surface area contributed by atoms with Crippen LogP contribution in [0, 0.1) is 11.8 Å². The van der Waals surface area contributed by atoms with E-state index in [0.29, 0.717) is 16.1 Å². The lowest BCUT2D eigenvalue weighted by atomic mass is 9.83. The second kappa shape index (κ2) is 9.33. The first-order valence-corrected chi connectivity index (χ1v) is 11.4. The number of nitrogens with one attached hydrogen (secondary N) is 1. The number of aliphatic hydroxyl groups is 1. The van der Waals surface area contributed by atoms with Crippen LogP contribution in [-0.2, 0) is 16.6 Å². The number of amides is 1. The number of alkyl halides is 3. The van der Waals surface area contributed by atoms with Crippen molar-refractivity contribution in [2.45, 2.75) is 51.3 Å². The fourth-order valence-electron chi connectivity index (χ4n) is 4.33. The van der Waals surface area contributed by atoms with Crippen LogP contribution in [-0.4, -0.2) is 33.2 Å². The highest BCUT2D eigenvalue weighted by Gasteiger charge is 2.33. The first-order chi connectivity index (χ1) is 16.4. The van der Waals surface area contributed by atoms with Crippen LogP contribution < -0.4 is 15.9 Å². The SMILES string of the molecule is CC(C)(O)c1cc2c(cc1NC(=O)c1cccc(C(F)(F)F)n1)=C/[N+](=C/C1CCC(C=O)CC1)N=2. The maximum atomic E-state index is 13.0. The topological polar surface area (TPSA) is 94.7 Å². The molecule has 2 aliphatic rings. The third-order valence-corrected chi connectivity index (χ3v) is 6.21. The van der Waals surface area contributed by atoms with Crippen molar-refractivity contribution in [1.82, 2.24) is 4.98 Å². The van der Waals surface area contributed by atoms with Crippen molar-refractivity contribution < 1.29 is 32.6 Å². The molecule has 4 rings (SSSR count). The molecule has 0 spiro atoms. The van der Waals surface area contributed by atoms with Crippen LogP contribution in [0.25, 0.3) is 6.20 Å². The minimum absolute atomic E-state index is 0.114. The summed E-state index contributed by atoms with van der Waals surface area (Å²) >= 11 is 0. The number of aromatic nitrogens is 1. The molecule has 1 aliphatic heterocycles. The first-order valence-electron chi connectivity index (χ1n) is 11.4. The Labute approximate surface area is 199 Å². The second-order valence-electron chi connectivity index (χ2n) is 9.44. The molecule has 1 fully saturated rings. The van der Waals surface area contributed by atoms with Gasteiger partial charge in [-0.05, 0) is 63.8 Å². The Morgan fingerprint density at radius 3 is 2.46 bits per heavy atom. The zero-order chi connectivity index (χ0) is 25.4. The predicted molar refractivity (Wildman–Crippen MR) is 122 cm³/mol. The Balaban J connectivity index is 1.64. The molecule has 0 unspecified atom stereocenters. The normalized spacial score (nSPS) is 21.1. The van der Waals surface area contributed by atoms with Crippen molar-refractivity contribution in [3.05, 3.63) is 57.9 Å². The maximum Gasteiger partial charge on any atom is 0.433 e. The molecule has 0 saturated heterocycles. The quantitative estimate of drug-likeness (QED) is 0.501. The van der Waals surface area contributed by atoms with Crippen molar-refractivity contribution in [3.8, 4) is 0 Å². The van der Waals surface area contributed by atoms with E-state index in [-0.39, 0.29) is 17.5 Å². The molecule has 1 aromatic heterocycles. The first kappa shape index (κ1) is 24.7. The zero-order valence-electron chi connectivity index (χ0n) is 19.3. The van der Waals surface area contributed by atoms with Gasteiger partial charge in [0.05, 0.1) is 10.8 Å². The van der Waals surface area contributed by atoms with Gasteiger partial charge in [-0.1, -0.05) is 10.8 Å². The molecule has 0 radical (unpaired) electrons. The van der Waals surface area contributed by atoms with Gasteiger partial charge >= 0.3 is 6.18 Å². The molecule has 35 heavy (non-hydrogen) atoms. The smallest absolute Gasteiger partial charge is 0.386 e. The number of anilines is 1. The number of nitrogens with zero attached hydrogens (tertiary/aromatic N) is 3. The highest BCUT2D eigenvalue weighted by atomic mass is 19.4. The van der Waals surface area contributed by atoms with E-state index in [1.807, 2.05) is 6.21 Å². The molecule has 1 aliphatic carbocycles. The number of halogens is 3. The molecule has 10 heteroatoms. The number of fused-ring (bicyclic) bond motifs is 1. The third kappa shape index (κ3) is 5.64. The van der Waals surface area contributed by atoms with E-state index in [9.17, 15) is 27.9 Å². The highest BCUT2D eigenvalue weighted by Crippen LogP contribution is 2.29. The van der Waals surface area contributed by atoms with Gasteiger partial charge in [0.25, 0.3) is 5.91 Å². The van der Waals surface area contributed by atoms with E-state index >= 15 is 0 Å². The summed E-state index contributed by atoms with van der Waals surface area (Å²) < 4.78 is 40.7. The Morgan fingerprint density at radius 1 is 1.14 bits per heavy atom. The number of aldehydes is 1. The number of hydrogen-bond acceptors (Lipinski definition) is 5. The standard InChI is InChI=1S/C25H25F3N4O3/c1-24(2,35)18-11-20-17(13-32(31-20)12-15-6-8-16(14-33)9-7-15)10-21(18)30-23(34)19-4-3-5-22(29-19)25(26,27)28/h3-5,10-16,35H,6-9H2,1-2H3/p+1/b32-12-. The maximum absolute atomic E-state index is 13.0. The number of carbonyl (C=O) groups excluding carboxylic acids is 2. The third-order valence-electron chi connectivity index (χ3n) is 6.21. The molecule has 2 N–H and O–H groups in total. The molecular formula is C25H26F3N4O3+.